The lowest BCUT2D eigenvalue weighted by Gasteiger charge is -2.25. The molecule has 1 nitrogen and oxygen atoms in total. The quantitative estimate of drug-likeness (QED) is 0.658. The number of hydrogen-bond acceptors (Lipinski definition) is 1. The summed E-state index contributed by atoms with van der Waals surface area (Å²) in [5.74, 6) is 1.62. The third-order valence-corrected chi connectivity index (χ3v) is 3.57. The van der Waals surface area contributed by atoms with Crippen molar-refractivity contribution in [3.63, 3.8) is 0 Å². The fourth-order valence-electron chi connectivity index (χ4n) is 2.28. The van der Waals surface area contributed by atoms with Gasteiger partial charge < -0.3 is 4.90 Å². The summed E-state index contributed by atoms with van der Waals surface area (Å²) in [5, 5.41) is 0. The minimum absolute atomic E-state index is 0.639. The zero-order chi connectivity index (χ0) is 10.7. The van der Waals surface area contributed by atoms with E-state index in [2.05, 4.69) is 32.6 Å². The third-order valence-electron chi connectivity index (χ3n) is 3.17. The highest BCUT2D eigenvalue weighted by atomic mass is 32.1. The predicted octanol–water partition coefficient (Wildman–Crippen LogP) is 3.48. The average molecular weight is 213 g/mol. The fraction of sp³-hybridized carbons (Fsp3) is 0.917. The number of likely N-dealkylation sites (tertiary alicyclic amines) is 1. The van der Waals surface area contributed by atoms with Gasteiger partial charge in [-0.05, 0) is 31.6 Å². The molecule has 1 saturated heterocycles. The summed E-state index contributed by atoms with van der Waals surface area (Å²) in [6.45, 7) is 10.3. The molecule has 0 amide bonds. The Balaban J connectivity index is 2.47. The molecule has 0 N–H and O–H groups in total. The van der Waals surface area contributed by atoms with Crippen LogP contribution >= 0.6 is 12.2 Å². The van der Waals surface area contributed by atoms with E-state index < -0.39 is 0 Å². The molecule has 1 heterocycles. The van der Waals surface area contributed by atoms with E-state index in [4.69, 9.17) is 12.2 Å². The Bertz CT molecular complexity index is 200. The van der Waals surface area contributed by atoms with Crippen molar-refractivity contribution >= 4 is 17.2 Å². The molecule has 1 fully saturated rings. The van der Waals surface area contributed by atoms with Crippen molar-refractivity contribution in [3.05, 3.63) is 0 Å². The molecule has 0 aliphatic carbocycles. The lowest BCUT2D eigenvalue weighted by atomic mass is 9.97. The Labute approximate surface area is 93.9 Å². The van der Waals surface area contributed by atoms with Gasteiger partial charge in [0.15, 0.2) is 0 Å². The highest BCUT2D eigenvalue weighted by Gasteiger charge is 2.29. The zero-order valence-electron chi connectivity index (χ0n) is 9.92. The van der Waals surface area contributed by atoms with Crippen LogP contribution in [0, 0.1) is 11.8 Å². The Morgan fingerprint density at radius 2 is 2.07 bits per heavy atom. The van der Waals surface area contributed by atoms with Gasteiger partial charge in [-0.15, -0.1) is 0 Å². The van der Waals surface area contributed by atoms with Crippen LogP contribution in [-0.4, -0.2) is 22.5 Å². The lowest BCUT2D eigenvalue weighted by molar-refractivity contribution is 0.302. The molecule has 0 saturated carbocycles. The van der Waals surface area contributed by atoms with Crippen LogP contribution in [-0.2, 0) is 0 Å². The summed E-state index contributed by atoms with van der Waals surface area (Å²) in [4.78, 5) is 3.63. The molecule has 1 aliphatic heterocycles. The van der Waals surface area contributed by atoms with Crippen LogP contribution in [0.3, 0.4) is 0 Å². The Morgan fingerprint density at radius 3 is 2.57 bits per heavy atom. The van der Waals surface area contributed by atoms with E-state index in [-0.39, 0.29) is 0 Å². The van der Waals surface area contributed by atoms with E-state index in [1.54, 1.807) is 0 Å². The van der Waals surface area contributed by atoms with Gasteiger partial charge in [0, 0.05) is 19.0 Å². The van der Waals surface area contributed by atoms with E-state index in [0.29, 0.717) is 6.04 Å². The number of hydrogen-bond donors (Lipinski definition) is 0. The second kappa shape index (κ2) is 5.11. The van der Waals surface area contributed by atoms with Crippen molar-refractivity contribution in [2.75, 3.05) is 6.54 Å². The molecule has 1 aliphatic rings. The van der Waals surface area contributed by atoms with Gasteiger partial charge in [-0.2, -0.15) is 0 Å². The molecule has 82 valence electrons. The first-order valence-electron chi connectivity index (χ1n) is 5.84. The fourth-order valence-corrected chi connectivity index (χ4v) is 2.77. The van der Waals surface area contributed by atoms with Crippen molar-refractivity contribution in [2.24, 2.45) is 11.8 Å². The van der Waals surface area contributed by atoms with Crippen LogP contribution < -0.4 is 0 Å². The molecule has 0 spiro atoms. The molecule has 2 heteroatoms. The summed E-state index contributed by atoms with van der Waals surface area (Å²) in [6.07, 6.45) is 3.68. The summed E-state index contributed by atoms with van der Waals surface area (Å²) in [5.41, 5.74) is 0. The maximum Gasteiger partial charge on any atom is 0.0785 e. The van der Waals surface area contributed by atoms with E-state index in [1.165, 1.54) is 24.4 Å². The molecule has 0 radical (unpaired) electrons. The van der Waals surface area contributed by atoms with Gasteiger partial charge in [-0.25, -0.2) is 0 Å². The normalized spacial score (nSPS) is 24.8. The molecule has 2 unspecified atom stereocenters. The smallest absolute Gasteiger partial charge is 0.0785 e. The predicted molar refractivity (Wildman–Crippen MR) is 66.6 cm³/mol. The van der Waals surface area contributed by atoms with Gasteiger partial charge in [0.2, 0.25) is 0 Å². The van der Waals surface area contributed by atoms with Gasteiger partial charge in [-0.1, -0.05) is 33.0 Å². The summed E-state index contributed by atoms with van der Waals surface area (Å²) >= 11 is 5.44. The van der Waals surface area contributed by atoms with Crippen molar-refractivity contribution < 1.29 is 0 Å². The Kier molecular flexibility index (Phi) is 4.36. The van der Waals surface area contributed by atoms with Crippen LogP contribution in [0.2, 0.25) is 0 Å². The van der Waals surface area contributed by atoms with Crippen LogP contribution in [0.5, 0.6) is 0 Å². The van der Waals surface area contributed by atoms with Crippen LogP contribution in [0.4, 0.5) is 0 Å². The molecule has 0 aromatic rings. The monoisotopic (exact) mass is 213 g/mol. The maximum absolute atomic E-state index is 5.44. The van der Waals surface area contributed by atoms with E-state index in [9.17, 15) is 0 Å². The van der Waals surface area contributed by atoms with E-state index in [0.717, 1.165) is 18.3 Å². The Hall–Kier alpha value is -0.110. The second-order valence-electron chi connectivity index (χ2n) is 5.00. The van der Waals surface area contributed by atoms with Gasteiger partial charge in [0.05, 0.1) is 4.99 Å². The SMILES string of the molecule is CCC(C)N1CC(CC(C)C)CC1=S. The van der Waals surface area contributed by atoms with Crippen molar-refractivity contribution in [1.29, 1.82) is 0 Å². The van der Waals surface area contributed by atoms with Crippen LogP contribution in [0.1, 0.15) is 47.0 Å². The van der Waals surface area contributed by atoms with Crippen molar-refractivity contribution in [2.45, 2.75) is 53.0 Å². The van der Waals surface area contributed by atoms with Crippen molar-refractivity contribution in [3.8, 4) is 0 Å². The highest BCUT2D eigenvalue weighted by Crippen LogP contribution is 2.27. The Morgan fingerprint density at radius 1 is 1.43 bits per heavy atom. The lowest BCUT2D eigenvalue weighted by Crippen LogP contribution is -2.33. The number of rotatable bonds is 4. The maximum atomic E-state index is 5.44. The first-order chi connectivity index (χ1) is 6.54. The molecule has 0 bridgehead atoms. The highest BCUT2D eigenvalue weighted by molar-refractivity contribution is 7.80. The molecule has 14 heavy (non-hydrogen) atoms. The zero-order valence-corrected chi connectivity index (χ0v) is 10.7. The van der Waals surface area contributed by atoms with Gasteiger partial charge in [0.25, 0.3) is 0 Å². The van der Waals surface area contributed by atoms with Gasteiger partial charge in [0.1, 0.15) is 0 Å². The second-order valence-corrected chi connectivity index (χ2v) is 5.47. The first kappa shape index (κ1) is 12.0. The largest absolute Gasteiger partial charge is 0.363 e. The number of thiocarbonyl (C=S) groups is 1. The third kappa shape index (κ3) is 2.94. The van der Waals surface area contributed by atoms with E-state index in [1.807, 2.05) is 0 Å². The molecular formula is C12H23NS. The minimum Gasteiger partial charge on any atom is -0.363 e. The standard InChI is InChI=1S/C12H23NS/c1-5-10(4)13-8-11(6-9(2)3)7-12(13)14/h9-11H,5-8H2,1-4H3. The molecule has 0 aromatic heterocycles. The van der Waals surface area contributed by atoms with Crippen molar-refractivity contribution in [1.82, 2.24) is 4.90 Å². The molecule has 2 atom stereocenters. The molecule has 0 aromatic carbocycles. The molecule has 1 rings (SSSR count). The van der Waals surface area contributed by atoms with Gasteiger partial charge >= 0.3 is 0 Å². The minimum atomic E-state index is 0.639. The summed E-state index contributed by atoms with van der Waals surface area (Å²) in [7, 11) is 0. The first-order valence-corrected chi connectivity index (χ1v) is 6.24. The summed E-state index contributed by atoms with van der Waals surface area (Å²) < 4.78 is 0. The number of nitrogens with zero attached hydrogens (tertiary/aromatic N) is 1. The van der Waals surface area contributed by atoms with Gasteiger partial charge in [-0.3, -0.25) is 0 Å². The molecular weight excluding hydrogens is 190 g/mol. The topological polar surface area (TPSA) is 3.24 Å². The van der Waals surface area contributed by atoms with Crippen LogP contribution in [0.15, 0.2) is 0 Å². The average Bonchev–Trinajstić information content (AvgIpc) is 2.44. The van der Waals surface area contributed by atoms with E-state index >= 15 is 0 Å². The van der Waals surface area contributed by atoms with Crippen LogP contribution in [0.25, 0.3) is 0 Å². The summed E-state index contributed by atoms with van der Waals surface area (Å²) in [6, 6.07) is 0.639.